The van der Waals surface area contributed by atoms with Gasteiger partial charge < -0.3 is 15.7 Å². The van der Waals surface area contributed by atoms with E-state index in [9.17, 15) is 19.2 Å². The number of fused-ring (bicyclic) bond motifs is 3. The molecule has 7 nitrogen and oxygen atoms in total. The van der Waals surface area contributed by atoms with Crippen molar-refractivity contribution in [1.82, 2.24) is 10.6 Å². The zero-order valence-corrected chi connectivity index (χ0v) is 17.4. The van der Waals surface area contributed by atoms with E-state index < -0.39 is 29.9 Å². The fourth-order valence-corrected chi connectivity index (χ4v) is 3.85. The van der Waals surface area contributed by atoms with Crippen molar-refractivity contribution in [3.63, 3.8) is 0 Å². The predicted octanol–water partition coefficient (Wildman–Crippen LogP) is 2.34. The minimum Gasteiger partial charge on any atom is -0.480 e. The van der Waals surface area contributed by atoms with E-state index in [1.54, 1.807) is 42.5 Å². The molecule has 2 amide bonds. The van der Waals surface area contributed by atoms with E-state index >= 15 is 0 Å². The van der Waals surface area contributed by atoms with Crippen LogP contribution in [0.4, 0.5) is 0 Å². The number of thioether (sulfide) groups is 1. The highest BCUT2D eigenvalue weighted by Gasteiger charge is 2.31. The summed E-state index contributed by atoms with van der Waals surface area (Å²) in [5.74, 6) is -1.73. The number of carbonyl (C=O) groups excluding carboxylic acids is 3. The van der Waals surface area contributed by atoms with Gasteiger partial charge in [0.1, 0.15) is 12.1 Å². The van der Waals surface area contributed by atoms with E-state index in [0.29, 0.717) is 40.0 Å². The van der Waals surface area contributed by atoms with Crippen LogP contribution in [0.1, 0.15) is 39.6 Å². The third-order valence-corrected chi connectivity index (χ3v) is 5.60. The number of aliphatic carboxylic acids is 1. The lowest BCUT2D eigenvalue weighted by atomic mass is 9.98. The van der Waals surface area contributed by atoms with Gasteiger partial charge in [-0.25, -0.2) is 0 Å². The number of benzene rings is 2. The number of nitrogens with one attached hydrogen (secondary N) is 2. The SMILES string of the molecule is CSCC[C@H](NC(=O)c1cccc2c1-c1ccccc1C2=O)C(=O)N[C@@H](C)C(=O)O. The van der Waals surface area contributed by atoms with Gasteiger partial charge in [-0.15, -0.1) is 0 Å². The van der Waals surface area contributed by atoms with Crippen LogP contribution in [0.3, 0.4) is 0 Å². The van der Waals surface area contributed by atoms with E-state index in [1.807, 2.05) is 6.26 Å². The quantitative estimate of drug-likeness (QED) is 0.510. The van der Waals surface area contributed by atoms with Crippen molar-refractivity contribution in [3.8, 4) is 11.1 Å². The molecule has 0 spiro atoms. The Morgan fingerprint density at radius 1 is 1.00 bits per heavy atom. The molecule has 0 radical (unpaired) electrons. The maximum atomic E-state index is 13.1. The molecule has 156 valence electrons. The Bertz CT molecular complexity index is 1020. The van der Waals surface area contributed by atoms with Crippen molar-refractivity contribution >= 4 is 35.3 Å². The summed E-state index contributed by atoms with van der Waals surface area (Å²) in [6, 6.07) is 10.1. The molecular weight excluding hydrogens is 404 g/mol. The van der Waals surface area contributed by atoms with E-state index in [0.717, 1.165) is 0 Å². The Balaban J connectivity index is 1.89. The Morgan fingerprint density at radius 3 is 2.33 bits per heavy atom. The van der Waals surface area contributed by atoms with E-state index in [-0.39, 0.29) is 5.78 Å². The van der Waals surface area contributed by atoms with Crippen LogP contribution in [0, 0.1) is 0 Å². The average Bonchev–Trinajstić information content (AvgIpc) is 3.03. The summed E-state index contributed by atoms with van der Waals surface area (Å²) in [7, 11) is 0. The molecule has 0 aromatic heterocycles. The minimum atomic E-state index is -1.16. The van der Waals surface area contributed by atoms with Gasteiger partial charge in [0.25, 0.3) is 5.91 Å². The topological polar surface area (TPSA) is 113 Å². The standard InChI is InChI=1S/C22H22N2O5S/c1-12(22(28)29)23-21(27)17(10-11-30-2)24-20(26)16-9-5-8-15-18(16)13-6-3-4-7-14(13)19(15)25/h3-9,12,17H,10-11H2,1-2H3,(H,23,27)(H,24,26)(H,28,29)/t12-,17-/m0/s1. The van der Waals surface area contributed by atoms with Crippen LogP contribution in [0.15, 0.2) is 42.5 Å². The second-order valence-corrected chi connectivity index (χ2v) is 7.96. The van der Waals surface area contributed by atoms with Crippen LogP contribution in [0.5, 0.6) is 0 Å². The van der Waals surface area contributed by atoms with Gasteiger partial charge >= 0.3 is 5.97 Å². The third-order valence-electron chi connectivity index (χ3n) is 4.96. The number of hydrogen-bond donors (Lipinski definition) is 3. The van der Waals surface area contributed by atoms with Crippen molar-refractivity contribution in [2.45, 2.75) is 25.4 Å². The number of rotatable bonds is 8. The zero-order chi connectivity index (χ0) is 21.8. The lowest BCUT2D eigenvalue weighted by Gasteiger charge is -2.20. The van der Waals surface area contributed by atoms with Crippen LogP contribution in [-0.2, 0) is 9.59 Å². The molecule has 0 bridgehead atoms. The second-order valence-electron chi connectivity index (χ2n) is 6.98. The summed E-state index contributed by atoms with van der Waals surface area (Å²) in [4.78, 5) is 49.4. The average molecular weight is 426 g/mol. The van der Waals surface area contributed by atoms with E-state index in [2.05, 4.69) is 10.6 Å². The monoisotopic (exact) mass is 426 g/mol. The molecule has 0 saturated carbocycles. The van der Waals surface area contributed by atoms with Crippen molar-refractivity contribution < 1.29 is 24.3 Å². The molecule has 3 rings (SSSR count). The number of carbonyl (C=O) groups is 4. The predicted molar refractivity (Wildman–Crippen MR) is 115 cm³/mol. The summed E-state index contributed by atoms with van der Waals surface area (Å²) in [6.07, 6.45) is 2.22. The molecular formula is C22H22N2O5S. The van der Waals surface area contributed by atoms with Crippen LogP contribution in [-0.4, -0.2) is 52.8 Å². The largest absolute Gasteiger partial charge is 0.480 e. The Morgan fingerprint density at radius 2 is 1.67 bits per heavy atom. The molecule has 30 heavy (non-hydrogen) atoms. The number of ketones is 1. The highest BCUT2D eigenvalue weighted by Crippen LogP contribution is 2.38. The van der Waals surface area contributed by atoms with Gasteiger partial charge in [0, 0.05) is 22.3 Å². The summed E-state index contributed by atoms with van der Waals surface area (Å²) in [6.45, 7) is 1.36. The number of amides is 2. The highest BCUT2D eigenvalue weighted by molar-refractivity contribution is 7.98. The molecule has 2 aromatic carbocycles. The molecule has 0 fully saturated rings. The van der Waals surface area contributed by atoms with Crippen molar-refractivity contribution in [1.29, 1.82) is 0 Å². The fourth-order valence-electron chi connectivity index (χ4n) is 3.38. The third kappa shape index (κ3) is 4.23. The molecule has 3 N–H and O–H groups in total. The first-order valence-electron chi connectivity index (χ1n) is 9.45. The Hall–Kier alpha value is -3.13. The molecule has 0 aliphatic heterocycles. The normalized spacial score (nSPS) is 13.7. The van der Waals surface area contributed by atoms with Gasteiger partial charge in [-0.2, -0.15) is 11.8 Å². The number of hydrogen-bond acceptors (Lipinski definition) is 5. The van der Waals surface area contributed by atoms with Crippen molar-refractivity contribution in [2.24, 2.45) is 0 Å². The van der Waals surface area contributed by atoms with Crippen molar-refractivity contribution in [2.75, 3.05) is 12.0 Å². The number of carboxylic acids is 1. The maximum Gasteiger partial charge on any atom is 0.325 e. The Labute approximate surface area is 178 Å². The van der Waals surface area contributed by atoms with Gasteiger partial charge in [-0.1, -0.05) is 36.4 Å². The first kappa shape index (κ1) is 21.6. The number of carboxylic acid groups (broad SMARTS) is 1. The van der Waals surface area contributed by atoms with Crippen LogP contribution in [0.2, 0.25) is 0 Å². The summed E-state index contributed by atoms with van der Waals surface area (Å²) in [5.41, 5.74) is 2.54. The van der Waals surface area contributed by atoms with Crippen LogP contribution < -0.4 is 10.6 Å². The molecule has 2 aromatic rings. The lowest BCUT2D eigenvalue weighted by molar-refractivity contribution is -0.141. The zero-order valence-electron chi connectivity index (χ0n) is 16.6. The Kier molecular flexibility index (Phi) is 6.56. The smallest absolute Gasteiger partial charge is 0.325 e. The molecule has 0 saturated heterocycles. The summed E-state index contributed by atoms with van der Waals surface area (Å²) in [5, 5.41) is 14.2. The van der Waals surface area contributed by atoms with Crippen molar-refractivity contribution in [3.05, 3.63) is 59.2 Å². The highest BCUT2D eigenvalue weighted by atomic mass is 32.2. The van der Waals surface area contributed by atoms with E-state index in [4.69, 9.17) is 5.11 Å². The lowest BCUT2D eigenvalue weighted by Crippen LogP contribution is -2.51. The molecule has 8 heteroatoms. The van der Waals surface area contributed by atoms with Crippen LogP contribution in [0.25, 0.3) is 11.1 Å². The minimum absolute atomic E-state index is 0.137. The first-order chi connectivity index (χ1) is 14.3. The molecule has 1 aliphatic carbocycles. The summed E-state index contributed by atoms with van der Waals surface area (Å²) >= 11 is 1.51. The van der Waals surface area contributed by atoms with Gasteiger partial charge in [0.15, 0.2) is 5.78 Å². The molecule has 1 aliphatic rings. The molecule has 0 heterocycles. The first-order valence-corrected chi connectivity index (χ1v) is 10.8. The van der Waals surface area contributed by atoms with E-state index in [1.165, 1.54) is 18.7 Å². The van der Waals surface area contributed by atoms with Gasteiger partial charge in [-0.3, -0.25) is 19.2 Å². The van der Waals surface area contributed by atoms with Gasteiger partial charge in [-0.05, 0) is 37.0 Å². The molecule has 2 atom stereocenters. The summed E-state index contributed by atoms with van der Waals surface area (Å²) < 4.78 is 0. The van der Waals surface area contributed by atoms with Gasteiger partial charge in [0.05, 0.1) is 0 Å². The van der Waals surface area contributed by atoms with Crippen LogP contribution >= 0.6 is 11.8 Å². The second kappa shape index (κ2) is 9.13. The fraction of sp³-hybridized carbons (Fsp3) is 0.273. The maximum absolute atomic E-state index is 13.1. The molecule has 0 unspecified atom stereocenters. The van der Waals surface area contributed by atoms with Gasteiger partial charge in [0.2, 0.25) is 5.91 Å².